The van der Waals surface area contributed by atoms with Gasteiger partial charge < -0.3 is 9.84 Å². The zero-order valence-corrected chi connectivity index (χ0v) is 14.4. The minimum atomic E-state index is -0.0560. The van der Waals surface area contributed by atoms with Gasteiger partial charge in [0.25, 0.3) is 0 Å². The van der Waals surface area contributed by atoms with Gasteiger partial charge in [0.2, 0.25) is 5.13 Å². The van der Waals surface area contributed by atoms with Gasteiger partial charge in [0.1, 0.15) is 11.5 Å². The molecule has 0 unspecified atom stereocenters. The van der Waals surface area contributed by atoms with E-state index in [9.17, 15) is 5.11 Å². The van der Waals surface area contributed by atoms with Gasteiger partial charge in [0.15, 0.2) is 0 Å². The lowest BCUT2D eigenvalue weighted by Gasteiger charge is -2.01. The summed E-state index contributed by atoms with van der Waals surface area (Å²) in [7, 11) is 0. The number of aromatic nitrogens is 1. The summed E-state index contributed by atoms with van der Waals surface area (Å²) in [6.45, 7) is 2.55. The van der Waals surface area contributed by atoms with Crippen LogP contribution in [-0.2, 0) is 0 Å². The molecule has 1 heterocycles. The number of benzene rings is 2. The highest BCUT2D eigenvalue weighted by atomic mass is 35.5. The second-order valence-corrected chi connectivity index (χ2v) is 6.50. The maximum absolute atomic E-state index is 9.92. The molecule has 1 aromatic heterocycles. The van der Waals surface area contributed by atoms with Gasteiger partial charge in [-0.1, -0.05) is 34.5 Å². The number of aromatic hydroxyl groups is 1. The molecule has 7 heteroatoms. The van der Waals surface area contributed by atoms with Gasteiger partial charge in [-0.05, 0) is 37.3 Å². The van der Waals surface area contributed by atoms with Crippen molar-refractivity contribution in [1.29, 1.82) is 0 Å². The topological polar surface area (TPSA) is 54.7 Å². The lowest BCUT2D eigenvalue weighted by Crippen LogP contribution is -1.89. The van der Waals surface area contributed by atoms with Crippen LogP contribution in [0, 0.1) is 0 Å². The first-order valence-corrected chi connectivity index (χ1v) is 8.39. The number of phenols is 1. The zero-order chi connectivity index (χ0) is 16.4. The Balaban J connectivity index is 1.92. The lowest BCUT2D eigenvalue weighted by molar-refractivity contribution is 0.341. The van der Waals surface area contributed by atoms with Crippen molar-refractivity contribution in [2.75, 3.05) is 6.61 Å². The number of nitrogens with zero attached hydrogens (tertiary/aromatic N) is 2. The van der Waals surface area contributed by atoms with Gasteiger partial charge in [-0.2, -0.15) is 0 Å². The van der Waals surface area contributed by atoms with Gasteiger partial charge >= 0.3 is 0 Å². The van der Waals surface area contributed by atoms with Crippen molar-refractivity contribution < 1.29 is 9.84 Å². The molecule has 1 N–H and O–H groups in total. The molecule has 118 valence electrons. The molecule has 0 fully saturated rings. The maximum Gasteiger partial charge on any atom is 0.210 e. The third kappa shape index (κ3) is 3.58. The van der Waals surface area contributed by atoms with E-state index in [0.29, 0.717) is 22.3 Å². The second-order valence-electron chi connectivity index (χ2n) is 4.64. The lowest BCUT2D eigenvalue weighted by atomic mass is 10.2. The number of hydrogen-bond acceptors (Lipinski definition) is 5. The van der Waals surface area contributed by atoms with Crippen LogP contribution in [0.25, 0.3) is 10.2 Å². The van der Waals surface area contributed by atoms with Crippen molar-refractivity contribution in [3.63, 3.8) is 0 Å². The summed E-state index contributed by atoms with van der Waals surface area (Å²) in [5.74, 6) is 0.748. The van der Waals surface area contributed by atoms with Crippen LogP contribution in [-0.4, -0.2) is 22.9 Å². The molecule has 0 atom stereocenters. The summed E-state index contributed by atoms with van der Waals surface area (Å²) in [5, 5.41) is 11.1. The first kappa shape index (κ1) is 16.1. The Labute approximate surface area is 147 Å². The number of phenolic OH excluding ortho intramolecular Hbond substituents is 1. The van der Waals surface area contributed by atoms with Crippen LogP contribution in [0.3, 0.4) is 0 Å². The average Bonchev–Trinajstić information content (AvgIpc) is 2.92. The van der Waals surface area contributed by atoms with Crippen molar-refractivity contribution in [2.45, 2.75) is 6.92 Å². The molecule has 0 aliphatic rings. The Morgan fingerprint density at radius 2 is 2.13 bits per heavy atom. The molecule has 3 rings (SSSR count). The van der Waals surface area contributed by atoms with E-state index in [2.05, 4.69) is 9.98 Å². The molecule has 23 heavy (non-hydrogen) atoms. The highest BCUT2D eigenvalue weighted by Gasteiger charge is 2.07. The third-order valence-electron chi connectivity index (χ3n) is 3.03. The molecule has 2 aromatic carbocycles. The van der Waals surface area contributed by atoms with Crippen LogP contribution in [0.2, 0.25) is 10.0 Å². The van der Waals surface area contributed by atoms with E-state index in [-0.39, 0.29) is 10.8 Å². The number of fused-ring (bicyclic) bond motifs is 1. The molecule has 0 spiro atoms. The molecule has 0 saturated heterocycles. The van der Waals surface area contributed by atoms with E-state index in [4.69, 9.17) is 27.9 Å². The number of halogens is 2. The fraction of sp³-hybridized carbons (Fsp3) is 0.125. The fourth-order valence-electron chi connectivity index (χ4n) is 2.01. The Morgan fingerprint density at radius 3 is 2.91 bits per heavy atom. The van der Waals surface area contributed by atoms with Gasteiger partial charge in [0, 0.05) is 16.8 Å². The van der Waals surface area contributed by atoms with Gasteiger partial charge in [0.05, 0.1) is 21.8 Å². The Morgan fingerprint density at radius 1 is 1.30 bits per heavy atom. The first-order chi connectivity index (χ1) is 11.1. The molecule has 3 aromatic rings. The predicted octanol–water partition coefficient (Wildman–Crippen LogP) is 5.46. The Kier molecular flexibility index (Phi) is 4.71. The quantitative estimate of drug-likeness (QED) is 0.623. The van der Waals surface area contributed by atoms with E-state index in [0.717, 1.165) is 16.0 Å². The summed E-state index contributed by atoms with van der Waals surface area (Å²) in [4.78, 5) is 8.72. The van der Waals surface area contributed by atoms with Crippen molar-refractivity contribution in [1.82, 2.24) is 4.98 Å². The van der Waals surface area contributed by atoms with Crippen LogP contribution in [0.5, 0.6) is 11.5 Å². The molecule has 0 bridgehead atoms. The predicted molar refractivity (Wildman–Crippen MR) is 96.2 cm³/mol. The number of thiazole rings is 1. The van der Waals surface area contributed by atoms with E-state index in [1.54, 1.807) is 6.07 Å². The third-order valence-corrected chi connectivity index (χ3v) is 4.46. The van der Waals surface area contributed by atoms with E-state index >= 15 is 0 Å². The number of aliphatic imine (C=N–C) groups is 1. The SMILES string of the molecule is CCOc1ccc2nc(N=Cc3cc(Cl)cc(Cl)c3O)sc2c1. The summed E-state index contributed by atoms with van der Waals surface area (Å²) < 4.78 is 6.46. The monoisotopic (exact) mass is 366 g/mol. The minimum absolute atomic E-state index is 0.0560. The molecule has 0 aliphatic heterocycles. The van der Waals surface area contributed by atoms with Crippen molar-refractivity contribution >= 4 is 56.1 Å². The normalized spacial score (nSPS) is 11.4. The van der Waals surface area contributed by atoms with E-state index < -0.39 is 0 Å². The fourth-order valence-corrected chi connectivity index (χ4v) is 3.36. The Hall–Kier alpha value is -1.82. The number of rotatable bonds is 4. The highest BCUT2D eigenvalue weighted by molar-refractivity contribution is 7.22. The van der Waals surface area contributed by atoms with E-state index in [1.165, 1.54) is 23.6 Å². The summed E-state index contributed by atoms with van der Waals surface area (Å²) in [6, 6.07) is 8.77. The summed E-state index contributed by atoms with van der Waals surface area (Å²) >= 11 is 13.3. The summed E-state index contributed by atoms with van der Waals surface area (Å²) in [6.07, 6.45) is 1.49. The standard InChI is InChI=1S/C16H12Cl2N2O2S/c1-2-22-11-3-4-13-14(7-11)23-16(20-13)19-8-9-5-10(17)6-12(18)15(9)21/h3-8,21H,2H2,1H3. The number of ether oxygens (including phenoxy) is 1. The van der Waals surface area contributed by atoms with E-state index in [1.807, 2.05) is 25.1 Å². The van der Waals surface area contributed by atoms with Gasteiger partial charge in [-0.3, -0.25) is 0 Å². The highest BCUT2D eigenvalue weighted by Crippen LogP contribution is 2.33. The van der Waals surface area contributed by atoms with Crippen LogP contribution in [0.4, 0.5) is 5.13 Å². The average molecular weight is 367 g/mol. The van der Waals surface area contributed by atoms with Crippen molar-refractivity contribution in [3.8, 4) is 11.5 Å². The first-order valence-electron chi connectivity index (χ1n) is 6.82. The second kappa shape index (κ2) is 6.74. The zero-order valence-electron chi connectivity index (χ0n) is 12.1. The smallest absolute Gasteiger partial charge is 0.210 e. The molecule has 0 amide bonds. The molecule has 0 aliphatic carbocycles. The Bertz CT molecular complexity index is 893. The van der Waals surface area contributed by atoms with Gasteiger partial charge in [-0.15, -0.1) is 0 Å². The molecular formula is C16H12Cl2N2O2S. The van der Waals surface area contributed by atoms with Gasteiger partial charge in [-0.25, -0.2) is 9.98 Å². The van der Waals surface area contributed by atoms with Crippen molar-refractivity contribution in [2.24, 2.45) is 4.99 Å². The van der Waals surface area contributed by atoms with Crippen LogP contribution >= 0.6 is 34.5 Å². The molecular weight excluding hydrogens is 355 g/mol. The maximum atomic E-state index is 9.92. The molecule has 0 radical (unpaired) electrons. The molecule has 0 saturated carbocycles. The van der Waals surface area contributed by atoms with Crippen LogP contribution in [0.1, 0.15) is 12.5 Å². The van der Waals surface area contributed by atoms with Crippen LogP contribution < -0.4 is 4.74 Å². The molecule has 4 nitrogen and oxygen atoms in total. The van der Waals surface area contributed by atoms with Crippen LogP contribution in [0.15, 0.2) is 35.3 Å². The largest absolute Gasteiger partial charge is 0.506 e. The number of hydrogen-bond donors (Lipinski definition) is 1. The summed E-state index contributed by atoms with van der Waals surface area (Å²) in [5.41, 5.74) is 1.29. The van der Waals surface area contributed by atoms with Crippen molar-refractivity contribution in [3.05, 3.63) is 45.9 Å². The minimum Gasteiger partial charge on any atom is -0.506 e.